The van der Waals surface area contributed by atoms with Crippen molar-refractivity contribution in [3.8, 4) is 0 Å². The van der Waals surface area contributed by atoms with E-state index in [1.807, 2.05) is 39.8 Å². The standard InChI is InChI=1S/C20H32N6O3/c1-14-7-6-8-16(23-14)25-17(27)9-11-22-18(21-5)26-12-10-15(13-26)24-19(28)29-20(2,3)4/h6-8,15H,9-13H2,1-5H3,(H,21,22)(H,24,28)(H,23,25,27). The number of ether oxygens (including phenoxy) is 1. The highest BCUT2D eigenvalue weighted by Crippen LogP contribution is 2.12. The number of alkyl carbamates (subject to hydrolysis) is 1. The lowest BCUT2D eigenvalue weighted by molar-refractivity contribution is -0.116. The number of hydrogen-bond acceptors (Lipinski definition) is 5. The van der Waals surface area contributed by atoms with Crippen molar-refractivity contribution in [2.45, 2.75) is 52.2 Å². The van der Waals surface area contributed by atoms with Crippen LogP contribution >= 0.6 is 0 Å². The van der Waals surface area contributed by atoms with E-state index in [1.54, 1.807) is 13.1 Å². The molecule has 0 bridgehead atoms. The number of likely N-dealkylation sites (tertiary alicyclic amines) is 1. The van der Waals surface area contributed by atoms with E-state index in [-0.39, 0.29) is 11.9 Å². The van der Waals surface area contributed by atoms with Gasteiger partial charge in [-0.25, -0.2) is 9.78 Å². The molecule has 1 aromatic rings. The largest absolute Gasteiger partial charge is 0.444 e. The number of guanidine groups is 1. The van der Waals surface area contributed by atoms with E-state index in [2.05, 4.69) is 30.8 Å². The highest BCUT2D eigenvalue weighted by Gasteiger charge is 2.27. The Morgan fingerprint density at radius 2 is 2.10 bits per heavy atom. The molecule has 160 valence electrons. The molecule has 0 aromatic carbocycles. The number of aliphatic imine (C=N–C) groups is 1. The molecule has 0 spiro atoms. The van der Waals surface area contributed by atoms with Crippen LogP contribution in [0.2, 0.25) is 0 Å². The molecule has 29 heavy (non-hydrogen) atoms. The number of nitrogens with zero attached hydrogens (tertiary/aromatic N) is 3. The zero-order chi connectivity index (χ0) is 21.4. The molecule has 1 aromatic heterocycles. The summed E-state index contributed by atoms with van der Waals surface area (Å²) in [4.78, 5) is 34.6. The van der Waals surface area contributed by atoms with Crippen LogP contribution in [0.3, 0.4) is 0 Å². The van der Waals surface area contributed by atoms with Gasteiger partial charge in [0.1, 0.15) is 11.4 Å². The van der Waals surface area contributed by atoms with Crippen LogP contribution in [0.1, 0.15) is 39.3 Å². The zero-order valence-corrected chi connectivity index (χ0v) is 17.9. The molecule has 2 rings (SSSR count). The van der Waals surface area contributed by atoms with Gasteiger partial charge in [-0.2, -0.15) is 0 Å². The Morgan fingerprint density at radius 1 is 1.34 bits per heavy atom. The molecule has 2 amide bonds. The molecule has 0 aliphatic carbocycles. The van der Waals surface area contributed by atoms with Crippen molar-refractivity contribution >= 4 is 23.8 Å². The van der Waals surface area contributed by atoms with Gasteiger partial charge >= 0.3 is 6.09 Å². The van der Waals surface area contributed by atoms with Crippen molar-refractivity contribution in [2.75, 3.05) is 32.0 Å². The molecule has 1 unspecified atom stereocenters. The average Bonchev–Trinajstić information content (AvgIpc) is 3.05. The molecule has 1 aliphatic rings. The maximum atomic E-state index is 12.1. The number of aromatic nitrogens is 1. The maximum Gasteiger partial charge on any atom is 0.407 e. The minimum Gasteiger partial charge on any atom is -0.444 e. The highest BCUT2D eigenvalue weighted by molar-refractivity contribution is 5.90. The first-order chi connectivity index (χ1) is 13.7. The van der Waals surface area contributed by atoms with Crippen LogP contribution in [0, 0.1) is 6.92 Å². The topological polar surface area (TPSA) is 108 Å². The Kier molecular flexibility index (Phi) is 7.81. The molecule has 1 saturated heterocycles. The fourth-order valence-corrected chi connectivity index (χ4v) is 2.98. The smallest absolute Gasteiger partial charge is 0.407 e. The summed E-state index contributed by atoms with van der Waals surface area (Å²) < 4.78 is 5.31. The zero-order valence-electron chi connectivity index (χ0n) is 17.9. The third-order valence-corrected chi connectivity index (χ3v) is 4.21. The van der Waals surface area contributed by atoms with Crippen LogP contribution < -0.4 is 16.0 Å². The molecular weight excluding hydrogens is 372 g/mol. The fourth-order valence-electron chi connectivity index (χ4n) is 2.98. The fraction of sp³-hybridized carbons (Fsp3) is 0.600. The predicted octanol–water partition coefficient (Wildman–Crippen LogP) is 1.89. The first-order valence-corrected chi connectivity index (χ1v) is 9.85. The van der Waals surface area contributed by atoms with Gasteiger partial charge in [-0.15, -0.1) is 0 Å². The minimum absolute atomic E-state index is 0.000840. The Hall–Kier alpha value is -2.84. The second-order valence-corrected chi connectivity index (χ2v) is 8.01. The lowest BCUT2D eigenvalue weighted by atomic mass is 10.2. The third kappa shape index (κ3) is 7.97. The van der Waals surface area contributed by atoms with Crippen molar-refractivity contribution in [2.24, 2.45) is 4.99 Å². The molecule has 1 aliphatic heterocycles. The summed E-state index contributed by atoms with van der Waals surface area (Å²) in [5.41, 5.74) is 0.332. The quantitative estimate of drug-likeness (QED) is 0.511. The highest BCUT2D eigenvalue weighted by atomic mass is 16.6. The minimum atomic E-state index is -0.519. The number of aryl methyl sites for hydroxylation is 1. The van der Waals surface area contributed by atoms with E-state index in [1.165, 1.54) is 0 Å². The maximum absolute atomic E-state index is 12.1. The summed E-state index contributed by atoms with van der Waals surface area (Å²) in [6.45, 7) is 9.24. The van der Waals surface area contributed by atoms with Crippen LogP contribution in [0.15, 0.2) is 23.2 Å². The van der Waals surface area contributed by atoms with Gasteiger partial charge < -0.3 is 25.6 Å². The molecule has 9 heteroatoms. The normalized spacial score (nSPS) is 17.1. The summed E-state index contributed by atoms with van der Waals surface area (Å²) in [5.74, 6) is 1.15. The van der Waals surface area contributed by atoms with E-state index in [0.29, 0.717) is 31.3 Å². The van der Waals surface area contributed by atoms with E-state index < -0.39 is 11.7 Å². The second-order valence-electron chi connectivity index (χ2n) is 8.01. The lowest BCUT2D eigenvalue weighted by Crippen LogP contribution is -2.44. The summed E-state index contributed by atoms with van der Waals surface area (Å²) in [6.07, 6.45) is 0.690. The van der Waals surface area contributed by atoms with Crippen LogP contribution in [-0.2, 0) is 9.53 Å². The molecule has 0 radical (unpaired) electrons. The molecule has 1 fully saturated rings. The van der Waals surface area contributed by atoms with E-state index in [9.17, 15) is 9.59 Å². The van der Waals surface area contributed by atoms with Gasteiger partial charge in [-0.05, 0) is 46.2 Å². The number of anilines is 1. The molecule has 3 N–H and O–H groups in total. The Bertz CT molecular complexity index is 744. The van der Waals surface area contributed by atoms with Gasteiger partial charge in [0, 0.05) is 38.8 Å². The van der Waals surface area contributed by atoms with Crippen molar-refractivity contribution < 1.29 is 14.3 Å². The van der Waals surface area contributed by atoms with Crippen molar-refractivity contribution in [3.05, 3.63) is 23.9 Å². The predicted molar refractivity (Wildman–Crippen MR) is 113 cm³/mol. The molecule has 9 nitrogen and oxygen atoms in total. The van der Waals surface area contributed by atoms with E-state index >= 15 is 0 Å². The SMILES string of the molecule is CN=C(NCCC(=O)Nc1cccc(C)n1)N1CCC(NC(=O)OC(C)(C)C)C1. The summed E-state index contributed by atoms with van der Waals surface area (Å²) in [7, 11) is 1.70. The molecule has 2 heterocycles. The monoisotopic (exact) mass is 404 g/mol. The summed E-state index contributed by atoms with van der Waals surface area (Å²) >= 11 is 0. The Labute approximate surface area is 172 Å². The van der Waals surface area contributed by atoms with Gasteiger partial charge in [0.05, 0.1) is 6.04 Å². The van der Waals surface area contributed by atoms with Crippen LogP contribution in [-0.4, -0.2) is 66.2 Å². The molecule has 1 atom stereocenters. The van der Waals surface area contributed by atoms with E-state index in [0.717, 1.165) is 18.7 Å². The van der Waals surface area contributed by atoms with E-state index in [4.69, 9.17) is 4.74 Å². The summed E-state index contributed by atoms with van der Waals surface area (Å²) in [6, 6.07) is 5.49. The number of rotatable bonds is 5. The van der Waals surface area contributed by atoms with Crippen LogP contribution in [0.25, 0.3) is 0 Å². The number of hydrogen-bond donors (Lipinski definition) is 3. The Morgan fingerprint density at radius 3 is 2.76 bits per heavy atom. The number of carbonyl (C=O) groups is 2. The van der Waals surface area contributed by atoms with Crippen molar-refractivity contribution in [1.29, 1.82) is 0 Å². The molecular formula is C20H32N6O3. The first kappa shape index (κ1) is 22.4. The number of pyridine rings is 1. The van der Waals surface area contributed by atoms with Crippen LogP contribution in [0.4, 0.5) is 10.6 Å². The van der Waals surface area contributed by atoms with Gasteiger partial charge in [-0.3, -0.25) is 9.79 Å². The number of amides is 2. The molecule has 0 saturated carbocycles. The van der Waals surface area contributed by atoms with Gasteiger partial charge in [-0.1, -0.05) is 6.07 Å². The summed E-state index contributed by atoms with van der Waals surface area (Å²) in [5, 5.41) is 8.88. The van der Waals surface area contributed by atoms with Crippen molar-refractivity contribution in [1.82, 2.24) is 20.5 Å². The lowest BCUT2D eigenvalue weighted by Gasteiger charge is -2.23. The first-order valence-electron chi connectivity index (χ1n) is 9.85. The average molecular weight is 405 g/mol. The van der Waals surface area contributed by atoms with Gasteiger partial charge in [0.2, 0.25) is 5.91 Å². The van der Waals surface area contributed by atoms with Gasteiger partial charge in [0.15, 0.2) is 5.96 Å². The van der Waals surface area contributed by atoms with Crippen molar-refractivity contribution in [3.63, 3.8) is 0 Å². The Balaban J connectivity index is 1.73. The number of nitrogens with one attached hydrogen (secondary N) is 3. The number of carbonyl (C=O) groups excluding carboxylic acids is 2. The van der Waals surface area contributed by atoms with Crippen LogP contribution in [0.5, 0.6) is 0 Å². The second kappa shape index (κ2) is 10.1. The third-order valence-electron chi connectivity index (χ3n) is 4.21. The van der Waals surface area contributed by atoms with Gasteiger partial charge in [0.25, 0.3) is 0 Å².